The van der Waals surface area contributed by atoms with Crippen molar-refractivity contribution in [1.29, 1.82) is 0 Å². The summed E-state index contributed by atoms with van der Waals surface area (Å²) in [5, 5.41) is 10.2. The Balaban J connectivity index is 2.55. The molecule has 108 valence electrons. The van der Waals surface area contributed by atoms with Crippen LogP contribution in [0.2, 0.25) is 0 Å². The second-order valence-electron chi connectivity index (χ2n) is 4.64. The van der Waals surface area contributed by atoms with Gasteiger partial charge in [0.25, 0.3) is 0 Å². The predicted molar refractivity (Wildman–Crippen MR) is 74.5 cm³/mol. The SMILES string of the molecule is Cc1ccccc1C(O)(C#Cc1ccccc1)C(F)(F)F. The van der Waals surface area contributed by atoms with Gasteiger partial charge in [-0.2, -0.15) is 13.2 Å². The van der Waals surface area contributed by atoms with E-state index in [1.165, 1.54) is 25.1 Å². The highest BCUT2D eigenvalue weighted by molar-refractivity contribution is 5.43. The molecule has 2 aromatic carbocycles. The highest BCUT2D eigenvalue weighted by atomic mass is 19.4. The van der Waals surface area contributed by atoms with Crippen LogP contribution in [0, 0.1) is 18.8 Å². The van der Waals surface area contributed by atoms with Crippen molar-refractivity contribution in [2.24, 2.45) is 0 Å². The van der Waals surface area contributed by atoms with Crippen LogP contribution in [0.4, 0.5) is 13.2 Å². The van der Waals surface area contributed by atoms with E-state index in [0.717, 1.165) is 0 Å². The van der Waals surface area contributed by atoms with Gasteiger partial charge in [-0.25, -0.2) is 0 Å². The number of hydrogen-bond donors (Lipinski definition) is 1. The number of alkyl halides is 3. The highest BCUT2D eigenvalue weighted by Crippen LogP contribution is 2.39. The molecule has 1 nitrogen and oxygen atoms in total. The second-order valence-corrected chi connectivity index (χ2v) is 4.64. The van der Waals surface area contributed by atoms with Crippen LogP contribution in [-0.4, -0.2) is 11.3 Å². The van der Waals surface area contributed by atoms with Crippen LogP contribution in [0.1, 0.15) is 16.7 Å². The van der Waals surface area contributed by atoms with Crippen LogP contribution in [0.25, 0.3) is 0 Å². The molecule has 4 heteroatoms. The Bertz CT molecular complexity index is 680. The fraction of sp³-hybridized carbons (Fsp3) is 0.176. The minimum absolute atomic E-state index is 0.249. The van der Waals surface area contributed by atoms with Gasteiger partial charge < -0.3 is 5.11 Å². The monoisotopic (exact) mass is 290 g/mol. The van der Waals surface area contributed by atoms with Gasteiger partial charge in [-0.05, 0) is 30.5 Å². The molecule has 0 radical (unpaired) electrons. The van der Waals surface area contributed by atoms with Crippen LogP contribution in [0.15, 0.2) is 54.6 Å². The topological polar surface area (TPSA) is 20.2 Å². The van der Waals surface area contributed by atoms with E-state index < -0.39 is 11.8 Å². The van der Waals surface area contributed by atoms with E-state index in [4.69, 9.17) is 0 Å². The van der Waals surface area contributed by atoms with Crippen LogP contribution < -0.4 is 0 Å². The summed E-state index contributed by atoms with van der Waals surface area (Å²) in [6.45, 7) is 1.51. The molecule has 21 heavy (non-hydrogen) atoms. The molecule has 0 amide bonds. The van der Waals surface area contributed by atoms with Crippen LogP contribution in [0.5, 0.6) is 0 Å². The lowest BCUT2D eigenvalue weighted by molar-refractivity contribution is -0.241. The van der Waals surface area contributed by atoms with Crippen molar-refractivity contribution in [2.45, 2.75) is 18.7 Å². The van der Waals surface area contributed by atoms with Gasteiger partial charge >= 0.3 is 6.18 Å². The first-order valence-electron chi connectivity index (χ1n) is 6.28. The van der Waals surface area contributed by atoms with Gasteiger partial charge in [0.1, 0.15) is 0 Å². The maximum Gasteiger partial charge on any atom is 0.433 e. The van der Waals surface area contributed by atoms with E-state index in [-0.39, 0.29) is 5.56 Å². The number of hydrogen-bond acceptors (Lipinski definition) is 1. The summed E-state index contributed by atoms with van der Waals surface area (Å²) >= 11 is 0. The summed E-state index contributed by atoms with van der Waals surface area (Å²) in [7, 11) is 0. The van der Waals surface area contributed by atoms with E-state index in [1.807, 2.05) is 5.92 Å². The summed E-state index contributed by atoms with van der Waals surface area (Å²) in [6, 6.07) is 14.1. The quantitative estimate of drug-likeness (QED) is 0.792. The maximum atomic E-state index is 13.3. The number of halogens is 3. The Morgan fingerprint density at radius 3 is 2.05 bits per heavy atom. The summed E-state index contributed by atoms with van der Waals surface area (Å²) in [5.74, 6) is 4.39. The van der Waals surface area contributed by atoms with Crippen molar-refractivity contribution < 1.29 is 18.3 Å². The van der Waals surface area contributed by atoms with E-state index in [2.05, 4.69) is 5.92 Å². The lowest BCUT2D eigenvalue weighted by atomic mass is 9.90. The van der Waals surface area contributed by atoms with Gasteiger partial charge in [-0.1, -0.05) is 48.4 Å². The first-order valence-corrected chi connectivity index (χ1v) is 6.28. The normalized spacial score (nSPS) is 14.0. The Labute approximate surface area is 121 Å². The van der Waals surface area contributed by atoms with Crippen molar-refractivity contribution in [3.63, 3.8) is 0 Å². The third-order valence-electron chi connectivity index (χ3n) is 3.11. The largest absolute Gasteiger partial charge is 0.433 e. The number of aryl methyl sites for hydroxylation is 1. The first-order chi connectivity index (χ1) is 9.84. The molecule has 2 rings (SSSR count). The third kappa shape index (κ3) is 3.09. The van der Waals surface area contributed by atoms with Gasteiger partial charge in [0, 0.05) is 11.1 Å². The van der Waals surface area contributed by atoms with Crippen LogP contribution in [0.3, 0.4) is 0 Å². The Hall–Kier alpha value is -2.25. The van der Waals surface area contributed by atoms with Crippen molar-refractivity contribution in [3.8, 4) is 11.8 Å². The molecule has 0 aromatic heterocycles. The lowest BCUT2D eigenvalue weighted by Gasteiger charge is -2.27. The molecule has 0 bridgehead atoms. The molecular formula is C17H13F3O. The molecule has 0 saturated carbocycles. The van der Waals surface area contributed by atoms with E-state index in [1.54, 1.807) is 36.4 Å². The molecule has 0 aliphatic rings. The Morgan fingerprint density at radius 2 is 1.48 bits per heavy atom. The number of rotatable bonds is 1. The van der Waals surface area contributed by atoms with E-state index >= 15 is 0 Å². The molecule has 2 aromatic rings. The lowest BCUT2D eigenvalue weighted by Crippen LogP contribution is -2.41. The van der Waals surface area contributed by atoms with Crippen LogP contribution in [-0.2, 0) is 5.60 Å². The minimum Gasteiger partial charge on any atom is -0.366 e. The standard InChI is InChI=1S/C17H13F3O/c1-13-7-5-6-10-15(13)16(21,17(18,19)20)12-11-14-8-3-2-4-9-14/h2-10,21H,1H3. The second kappa shape index (κ2) is 5.63. The molecule has 1 unspecified atom stereocenters. The third-order valence-corrected chi connectivity index (χ3v) is 3.11. The molecule has 1 atom stereocenters. The summed E-state index contributed by atoms with van der Waals surface area (Å²) in [6.07, 6.45) is -4.89. The summed E-state index contributed by atoms with van der Waals surface area (Å²) in [5.41, 5.74) is -2.69. The zero-order valence-corrected chi connectivity index (χ0v) is 11.3. The summed E-state index contributed by atoms with van der Waals surface area (Å²) < 4.78 is 40.0. The van der Waals surface area contributed by atoms with Gasteiger partial charge in [0.15, 0.2) is 0 Å². The Kier molecular flexibility index (Phi) is 4.06. The van der Waals surface area contributed by atoms with Crippen molar-refractivity contribution in [1.82, 2.24) is 0 Å². The molecule has 0 aliphatic heterocycles. The van der Waals surface area contributed by atoms with Gasteiger partial charge in [0.05, 0.1) is 0 Å². The van der Waals surface area contributed by atoms with E-state index in [9.17, 15) is 18.3 Å². The van der Waals surface area contributed by atoms with Gasteiger partial charge in [0.2, 0.25) is 5.60 Å². The maximum absolute atomic E-state index is 13.3. The summed E-state index contributed by atoms with van der Waals surface area (Å²) in [4.78, 5) is 0. The van der Waals surface area contributed by atoms with Crippen molar-refractivity contribution in [3.05, 3.63) is 71.3 Å². The minimum atomic E-state index is -4.89. The smallest absolute Gasteiger partial charge is 0.366 e. The molecular weight excluding hydrogens is 277 g/mol. The van der Waals surface area contributed by atoms with Crippen LogP contribution >= 0.6 is 0 Å². The fourth-order valence-corrected chi connectivity index (χ4v) is 1.95. The molecule has 0 aliphatic carbocycles. The van der Waals surface area contributed by atoms with Crippen molar-refractivity contribution >= 4 is 0 Å². The molecule has 0 heterocycles. The highest BCUT2D eigenvalue weighted by Gasteiger charge is 2.54. The molecule has 0 fully saturated rings. The Morgan fingerprint density at radius 1 is 0.905 bits per heavy atom. The zero-order valence-electron chi connectivity index (χ0n) is 11.3. The van der Waals surface area contributed by atoms with E-state index in [0.29, 0.717) is 11.1 Å². The molecule has 1 N–H and O–H groups in total. The average Bonchev–Trinajstić information content (AvgIpc) is 2.45. The molecule has 0 saturated heterocycles. The predicted octanol–water partition coefficient (Wildman–Crippen LogP) is 3.80. The first kappa shape index (κ1) is 15.1. The van der Waals surface area contributed by atoms with Crippen molar-refractivity contribution in [2.75, 3.05) is 0 Å². The average molecular weight is 290 g/mol. The fourth-order valence-electron chi connectivity index (χ4n) is 1.95. The van der Waals surface area contributed by atoms with Gasteiger partial charge in [-0.3, -0.25) is 0 Å². The van der Waals surface area contributed by atoms with Gasteiger partial charge in [-0.15, -0.1) is 0 Å². The zero-order chi connectivity index (χ0) is 15.5. The number of benzene rings is 2. The number of aliphatic hydroxyl groups is 1. The molecule has 0 spiro atoms.